The minimum atomic E-state index is -3.32. The number of benzene rings is 2. The highest BCUT2D eigenvalue weighted by Crippen LogP contribution is 2.36. The van der Waals surface area contributed by atoms with Gasteiger partial charge in [0.1, 0.15) is 25.1 Å². The van der Waals surface area contributed by atoms with E-state index in [9.17, 15) is 18.3 Å². The maximum atomic E-state index is 12.4. The highest BCUT2D eigenvalue weighted by molar-refractivity contribution is 7.90. The largest absolute Gasteiger partial charge is 0.491 e. The van der Waals surface area contributed by atoms with E-state index in [0.717, 1.165) is 31.1 Å². The van der Waals surface area contributed by atoms with Gasteiger partial charge in [-0.25, -0.2) is 13.2 Å². The monoisotopic (exact) mass is 518 g/mol. The number of aliphatic hydroxyl groups excluding tert-OH is 1. The third-order valence-electron chi connectivity index (χ3n) is 6.67. The number of rotatable bonds is 9. The summed E-state index contributed by atoms with van der Waals surface area (Å²) in [7, 11) is -3.32. The fourth-order valence-corrected chi connectivity index (χ4v) is 5.24. The number of sulfone groups is 1. The molecular formula is C26H34N2O7S. The molecule has 2 heterocycles. The first kappa shape index (κ1) is 26.4. The molecule has 0 unspecified atom stereocenters. The lowest BCUT2D eigenvalue weighted by molar-refractivity contribution is -0.0422. The van der Waals surface area contributed by atoms with E-state index in [-0.39, 0.29) is 35.8 Å². The first-order valence-corrected chi connectivity index (χ1v) is 14.1. The average Bonchev–Trinajstić information content (AvgIpc) is 3.27. The van der Waals surface area contributed by atoms with Crippen LogP contribution in [-0.4, -0.2) is 81.4 Å². The molecule has 2 fully saturated rings. The molecule has 2 aliphatic rings. The number of nitrogens with zero attached hydrogens (tertiary/aromatic N) is 1. The predicted molar refractivity (Wildman–Crippen MR) is 134 cm³/mol. The zero-order valence-electron chi connectivity index (χ0n) is 20.5. The normalized spacial score (nSPS) is 20.3. The summed E-state index contributed by atoms with van der Waals surface area (Å²) in [6, 6.07) is 16.0. The first-order valence-electron chi connectivity index (χ1n) is 12.2. The van der Waals surface area contributed by atoms with Crippen LogP contribution in [0.15, 0.2) is 59.5 Å². The summed E-state index contributed by atoms with van der Waals surface area (Å²) < 4.78 is 40.5. The van der Waals surface area contributed by atoms with Gasteiger partial charge in [-0.3, -0.25) is 0 Å². The predicted octanol–water partition coefficient (Wildman–Crippen LogP) is 2.38. The molecule has 2 atom stereocenters. The van der Waals surface area contributed by atoms with E-state index >= 15 is 0 Å². The van der Waals surface area contributed by atoms with Crippen LogP contribution < -0.4 is 10.1 Å². The number of ether oxygens (including phenoxy) is 3. The van der Waals surface area contributed by atoms with Gasteiger partial charge < -0.3 is 29.5 Å². The van der Waals surface area contributed by atoms with Crippen LogP contribution in [0.5, 0.6) is 5.75 Å². The number of carbonyl (C=O) groups is 1. The van der Waals surface area contributed by atoms with Crippen molar-refractivity contribution in [2.45, 2.75) is 48.5 Å². The van der Waals surface area contributed by atoms with Crippen LogP contribution >= 0.6 is 0 Å². The van der Waals surface area contributed by atoms with E-state index in [1.54, 1.807) is 17.0 Å². The van der Waals surface area contributed by atoms with E-state index in [1.807, 2.05) is 30.3 Å². The Balaban J connectivity index is 1.15. The summed E-state index contributed by atoms with van der Waals surface area (Å²) in [4.78, 5) is 14.3. The lowest BCUT2D eigenvalue weighted by Gasteiger charge is -2.38. The molecule has 1 spiro atoms. The van der Waals surface area contributed by atoms with Gasteiger partial charge >= 0.3 is 6.09 Å². The molecule has 2 aliphatic heterocycles. The van der Waals surface area contributed by atoms with E-state index in [2.05, 4.69) is 5.32 Å². The van der Waals surface area contributed by atoms with Gasteiger partial charge in [-0.15, -0.1) is 0 Å². The van der Waals surface area contributed by atoms with Gasteiger partial charge in [0.05, 0.1) is 17.1 Å². The maximum Gasteiger partial charge on any atom is 0.410 e. The molecule has 9 nitrogen and oxygen atoms in total. The fourth-order valence-electron chi connectivity index (χ4n) is 4.58. The van der Waals surface area contributed by atoms with Crippen molar-refractivity contribution >= 4 is 15.9 Å². The molecule has 0 aliphatic carbocycles. The summed E-state index contributed by atoms with van der Waals surface area (Å²) in [5.41, 5.74) is 0.698. The molecule has 2 aromatic carbocycles. The second-order valence-electron chi connectivity index (χ2n) is 9.54. The van der Waals surface area contributed by atoms with Crippen molar-refractivity contribution in [2.75, 3.05) is 39.1 Å². The second-order valence-corrected chi connectivity index (χ2v) is 11.6. The summed E-state index contributed by atoms with van der Waals surface area (Å²) in [5.74, 6) is 0.397. The van der Waals surface area contributed by atoms with E-state index < -0.39 is 15.9 Å². The van der Waals surface area contributed by atoms with Crippen molar-refractivity contribution in [1.82, 2.24) is 10.2 Å². The molecule has 0 bridgehead atoms. The van der Waals surface area contributed by atoms with Crippen LogP contribution in [0.4, 0.5) is 4.79 Å². The first-order chi connectivity index (χ1) is 17.2. The summed E-state index contributed by atoms with van der Waals surface area (Å²) in [6.45, 7) is 2.35. The number of nitrogens with one attached hydrogen (secondary N) is 1. The van der Waals surface area contributed by atoms with Crippen molar-refractivity contribution < 1.29 is 32.5 Å². The lowest BCUT2D eigenvalue weighted by atomic mass is 9.87. The topological polar surface area (TPSA) is 114 Å². The minimum Gasteiger partial charge on any atom is -0.491 e. The molecule has 10 heteroatoms. The van der Waals surface area contributed by atoms with Crippen molar-refractivity contribution in [3.63, 3.8) is 0 Å². The minimum absolute atomic E-state index is 0.0407. The molecule has 2 saturated heterocycles. The van der Waals surface area contributed by atoms with Gasteiger partial charge in [0.2, 0.25) is 0 Å². The second kappa shape index (κ2) is 11.6. The fraction of sp³-hybridized carbons (Fsp3) is 0.500. The molecule has 0 radical (unpaired) electrons. The molecule has 4 rings (SSSR count). The third-order valence-corrected chi connectivity index (χ3v) is 7.78. The third kappa shape index (κ3) is 7.19. The number of likely N-dealkylation sites (tertiary alicyclic amines) is 1. The Morgan fingerprint density at radius 1 is 1.19 bits per heavy atom. The molecule has 36 heavy (non-hydrogen) atoms. The molecule has 196 valence electrons. The Hall–Kier alpha value is -2.66. The number of piperidine rings is 1. The Labute approximate surface area is 212 Å². The van der Waals surface area contributed by atoms with Crippen LogP contribution in [0.2, 0.25) is 0 Å². The van der Waals surface area contributed by atoms with Crippen LogP contribution in [0, 0.1) is 0 Å². The standard InChI is InChI=1S/C26H34N2O7S/c1-36(31,32)24-9-5-8-23(14-24)33-19-22(29)16-27-21-15-26(35-18-21)10-12-28(13-11-26)25(30)34-17-20-6-3-2-4-7-20/h2-9,14,21-22,27,29H,10-13,15-19H2,1H3/t21-,22-/m1/s1. The quantitative estimate of drug-likeness (QED) is 0.520. The molecule has 0 aromatic heterocycles. The van der Waals surface area contributed by atoms with Gasteiger partial charge in [-0.1, -0.05) is 36.4 Å². The number of amides is 1. The molecular weight excluding hydrogens is 484 g/mol. The van der Waals surface area contributed by atoms with E-state index in [0.29, 0.717) is 32.0 Å². The van der Waals surface area contributed by atoms with Crippen molar-refractivity contribution in [3.8, 4) is 5.75 Å². The van der Waals surface area contributed by atoms with Crippen LogP contribution in [-0.2, 0) is 25.9 Å². The Morgan fingerprint density at radius 3 is 2.67 bits per heavy atom. The number of carbonyl (C=O) groups excluding carboxylic acids is 1. The van der Waals surface area contributed by atoms with Crippen LogP contribution in [0.3, 0.4) is 0 Å². The van der Waals surface area contributed by atoms with Gasteiger partial charge in [0.25, 0.3) is 0 Å². The van der Waals surface area contributed by atoms with Crippen molar-refractivity contribution in [3.05, 3.63) is 60.2 Å². The van der Waals surface area contributed by atoms with Gasteiger partial charge in [0.15, 0.2) is 9.84 Å². The van der Waals surface area contributed by atoms with Crippen molar-refractivity contribution in [2.24, 2.45) is 0 Å². The molecule has 2 aromatic rings. The Bertz CT molecular complexity index is 1120. The van der Waals surface area contributed by atoms with Crippen LogP contribution in [0.25, 0.3) is 0 Å². The zero-order chi connectivity index (χ0) is 25.6. The Morgan fingerprint density at radius 2 is 1.94 bits per heavy atom. The molecule has 2 N–H and O–H groups in total. The maximum absolute atomic E-state index is 12.4. The lowest BCUT2D eigenvalue weighted by Crippen LogP contribution is -2.47. The van der Waals surface area contributed by atoms with E-state index in [1.165, 1.54) is 12.1 Å². The van der Waals surface area contributed by atoms with E-state index in [4.69, 9.17) is 14.2 Å². The number of hydrogen-bond acceptors (Lipinski definition) is 8. The zero-order valence-corrected chi connectivity index (χ0v) is 21.3. The average molecular weight is 519 g/mol. The highest BCUT2D eigenvalue weighted by atomic mass is 32.2. The number of aliphatic hydroxyl groups is 1. The Kier molecular flexibility index (Phi) is 8.50. The van der Waals surface area contributed by atoms with Gasteiger partial charge in [-0.2, -0.15) is 0 Å². The summed E-state index contributed by atoms with van der Waals surface area (Å²) in [6.07, 6.45) is 2.38. The smallest absolute Gasteiger partial charge is 0.410 e. The van der Waals surface area contributed by atoms with Gasteiger partial charge in [-0.05, 0) is 43.0 Å². The molecule has 1 amide bonds. The summed E-state index contributed by atoms with van der Waals surface area (Å²) >= 11 is 0. The van der Waals surface area contributed by atoms with Gasteiger partial charge in [0, 0.05) is 31.9 Å². The number of hydrogen-bond donors (Lipinski definition) is 2. The summed E-state index contributed by atoms with van der Waals surface area (Å²) in [5, 5.41) is 13.7. The van der Waals surface area contributed by atoms with Crippen LogP contribution in [0.1, 0.15) is 24.8 Å². The SMILES string of the molecule is CS(=O)(=O)c1cccc(OC[C@H](O)CN[C@H]2COC3(CCN(C(=O)OCc4ccccc4)CC3)C2)c1. The molecule has 0 saturated carbocycles. The highest BCUT2D eigenvalue weighted by Gasteiger charge is 2.43. The van der Waals surface area contributed by atoms with Crippen molar-refractivity contribution in [1.29, 1.82) is 0 Å².